The highest BCUT2D eigenvalue weighted by molar-refractivity contribution is 5.90. The number of nitrogens with zero attached hydrogens (tertiary/aromatic N) is 3. The lowest BCUT2D eigenvalue weighted by Crippen LogP contribution is -2.12. The second-order valence-corrected chi connectivity index (χ2v) is 3.41. The lowest BCUT2D eigenvalue weighted by Gasteiger charge is -2.03. The van der Waals surface area contributed by atoms with E-state index in [4.69, 9.17) is 11.5 Å². The molecule has 2 aromatic heterocycles. The molecule has 16 heavy (non-hydrogen) atoms. The summed E-state index contributed by atoms with van der Waals surface area (Å²) in [6, 6.07) is 3.32. The number of amides is 1. The van der Waals surface area contributed by atoms with Crippen molar-refractivity contribution in [3.8, 4) is 5.82 Å². The number of hydrogen-bond acceptors (Lipinski definition) is 4. The van der Waals surface area contributed by atoms with Gasteiger partial charge in [0, 0.05) is 6.20 Å². The van der Waals surface area contributed by atoms with Gasteiger partial charge >= 0.3 is 0 Å². The van der Waals surface area contributed by atoms with Crippen molar-refractivity contribution in [1.29, 1.82) is 0 Å². The van der Waals surface area contributed by atoms with Gasteiger partial charge in [-0.15, -0.1) is 0 Å². The molecule has 0 aromatic carbocycles. The summed E-state index contributed by atoms with van der Waals surface area (Å²) in [5, 5.41) is 3.99. The summed E-state index contributed by atoms with van der Waals surface area (Å²) in [5.41, 5.74) is 12.5. The molecular formula is C10H11N5O. The van der Waals surface area contributed by atoms with Gasteiger partial charge in [-0.1, -0.05) is 0 Å². The Balaban J connectivity index is 2.42. The van der Waals surface area contributed by atoms with Crippen molar-refractivity contribution in [2.75, 3.05) is 5.73 Å². The second kappa shape index (κ2) is 3.65. The van der Waals surface area contributed by atoms with Crippen LogP contribution in [0.5, 0.6) is 0 Å². The van der Waals surface area contributed by atoms with Crippen LogP contribution in [0.3, 0.4) is 0 Å². The van der Waals surface area contributed by atoms with Crippen LogP contribution in [0.15, 0.2) is 24.5 Å². The van der Waals surface area contributed by atoms with Crippen LogP contribution in [0.2, 0.25) is 0 Å². The number of hydrogen-bond donors (Lipinski definition) is 2. The van der Waals surface area contributed by atoms with E-state index in [1.807, 2.05) is 6.92 Å². The topological polar surface area (TPSA) is 99.8 Å². The zero-order chi connectivity index (χ0) is 11.7. The molecule has 0 unspecified atom stereocenters. The summed E-state index contributed by atoms with van der Waals surface area (Å²) in [7, 11) is 0. The van der Waals surface area contributed by atoms with E-state index in [9.17, 15) is 4.79 Å². The summed E-state index contributed by atoms with van der Waals surface area (Å²) < 4.78 is 1.48. The van der Waals surface area contributed by atoms with Gasteiger partial charge < -0.3 is 11.5 Å². The average Bonchev–Trinajstić information content (AvgIpc) is 2.71. The minimum absolute atomic E-state index is 0.205. The Hall–Kier alpha value is -2.37. The number of nitrogens with two attached hydrogens (primary N) is 2. The zero-order valence-corrected chi connectivity index (χ0v) is 8.71. The molecule has 0 aliphatic rings. The van der Waals surface area contributed by atoms with Gasteiger partial charge in [-0.25, -0.2) is 9.67 Å². The zero-order valence-electron chi connectivity index (χ0n) is 8.71. The monoisotopic (exact) mass is 217 g/mol. The first-order chi connectivity index (χ1) is 7.58. The minimum Gasteiger partial charge on any atom is -0.397 e. The molecule has 2 heterocycles. The predicted octanol–water partition coefficient (Wildman–Crippen LogP) is 0.257. The third-order valence-electron chi connectivity index (χ3n) is 2.21. The number of carbonyl (C=O) groups is 1. The van der Waals surface area contributed by atoms with E-state index in [-0.39, 0.29) is 5.69 Å². The number of carbonyl (C=O) groups excluding carboxylic acids is 1. The first-order valence-electron chi connectivity index (χ1n) is 4.66. The van der Waals surface area contributed by atoms with Gasteiger partial charge in [-0.3, -0.25) is 4.79 Å². The lowest BCUT2D eigenvalue weighted by atomic mass is 10.2. The molecule has 0 saturated heterocycles. The summed E-state index contributed by atoms with van der Waals surface area (Å²) >= 11 is 0. The number of rotatable bonds is 2. The van der Waals surface area contributed by atoms with Crippen molar-refractivity contribution in [3.05, 3.63) is 35.8 Å². The van der Waals surface area contributed by atoms with Crippen LogP contribution < -0.4 is 11.5 Å². The third-order valence-corrected chi connectivity index (χ3v) is 2.21. The summed E-state index contributed by atoms with van der Waals surface area (Å²) in [5.74, 6) is 0.0325. The maximum atomic E-state index is 10.9. The fraction of sp³-hybridized carbons (Fsp3) is 0.100. The van der Waals surface area contributed by atoms with Crippen molar-refractivity contribution in [1.82, 2.24) is 14.8 Å². The van der Waals surface area contributed by atoms with Crippen molar-refractivity contribution < 1.29 is 4.79 Å². The molecule has 0 atom stereocenters. The maximum absolute atomic E-state index is 10.9. The fourth-order valence-electron chi connectivity index (χ4n) is 1.26. The van der Waals surface area contributed by atoms with Crippen LogP contribution in [0.25, 0.3) is 5.82 Å². The molecule has 2 aromatic rings. The molecule has 1 amide bonds. The lowest BCUT2D eigenvalue weighted by molar-refractivity contribution is 0.0995. The van der Waals surface area contributed by atoms with Crippen LogP contribution >= 0.6 is 0 Å². The van der Waals surface area contributed by atoms with Gasteiger partial charge in [-0.2, -0.15) is 5.10 Å². The number of pyridine rings is 1. The molecule has 2 rings (SSSR count). The highest BCUT2D eigenvalue weighted by Crippen LogP contribution is 2.12. The van der Waals surface area contributed by atoms with E-state index < -0.39 is 5.91 Å². The number of aryl methyl sites for hydroxylation is 1. The van der Waals surface area contributed by atoms with E-state index in [0.29, 0.717) is 11.5 Å². The van der Waals surface area contributed by atoms with Crippen LogP contribution in [-0.4, -0.2) is 20.7 Å². The van der Waals surface area contributed by atoms with Crippen molar-refractivity contribution >= 4 is 11.6 Å². The second-order valence-electron chi connectivity index (χ2n) is 3.41. The van der Waals surface area contributed by atoms with E-state index in [1.54, 1.807) is 18.5 Å². The van der Waals surface area contributed by atoms with E-state index in [2.05, 4.69) is 10.1 Å². The SMILES string of the molecule is Cc1cc(-n2ccc(C(N)=O)n2)ncc1N. The van der Waals surface area contributed by atoms with Crippen molar-refractivity contribution in [2.24, 2.45) is 5.73 Å². The number of aromatic nitrogens is 3. The molecule has 82 valence electrons. The van der Waals surface area contributed by atoms with Gasteiger partial charge in [0.1, 0.15) is 5.69 Å². The molecule has 0 fully saturated rings. The quantitative estimate of drug-likeness (QED) is 0.753. The maximum Gasteiger partial charge on any atom is 0.269 e. The largest absolute Gasteiger partial charge is 0.397 e. The van der Waals surface area contributed by atoms with Crippen molar-refractivity contribution in [3.63, 3.8) is 0 Å². The molecule has 6 heteroatoms. The van der Waals surface area contributed by atoms with Gasteiger partial charge in [0.05, 0.1) is 11.9 Å². The molecule has 0 saturated carbocycles. The van der Waals surface area contributed by atoms with Gasteiger partial charge in [0.15, 0.2) is 5.82 Å². The fourth-order valence-corrected chi connectivity index (χ4v) is 1.26. The van der Waals surface area contributed by atoms with Gasteiger partial charge in [0.25, 0.3) is 5.91 Å². The molecular weight excluding hydrogens is 206 g/mol. The highest BCUT2D eigenvalue weighted by atomic mass is 16.1. The minimum atomic E-state index is -0.564. The predicted molar refractivity (Wildman–Crippen MR) is 59.0 cm³/mol. The Morgan fingerprint density at radius 3 is 2.81 bits per heavy atom. The Morgan fingerprint density at radius 1 is 1.50 bits per heavy atom. The Labute approximate surface area is 91.9 Å². The Morgan fingerprint density at radius 2 is 2.25 bits per heavy atom. The number of primary amides is 1. The number of anilines is 1. The molecule has 6 nitrogen and oxygen atoms in total. The standard InChI is InChI=1S/C10H11N5O/c1-6-4-9(13-5-7(6)11)15-3-2-8(14-15)10(12)16/h2-5H,11H2,1H3,(H2,12,16). The van der Waals surface area contributed by atoms with Crippen LogP contribution in [-0.2, 0) is 0 Å². The Kier molecular flexibility index (Phi) is 2.32. The first-order valence-corrected chi connectivity index (χ1v) is 4.66. The van der Waals surface area contributed by atoms with E-state index in [0.717, 1.165) is 5.56 Å². The number of nitrogen functional groups attached to an aromatic ring is 1. The van der Waals surface area contributed by atoms with Crippen molar-refractivity contribution in [2.45, 2.75) is 6.92 Å². The average molecular weight is 217 g/mol. The van der Waals surface area contributed by atoms with E-state index >= 15 is 0 Å². The third kappa shape index (κ3) is 1.72. The summed E-state index contributed by atoms with van der Waals surface area (Å²) in [6.45, 7) is 1.87. The van der Waals surface area contributed by atoms with Crippen LogP contribution in [0.1, 0.15) is 16.1 Å². The first kappa shape index (κ1) is 10.2. The molecule has 0 spiro atoms. The Bertz CT molecular complexity index is 546. The molecule has 0 bridgehead atoms. The van der Waals surface area contributed by atoms with Gasteiger partial charge in [0.2, 0.25) is 0 Å². The summed E-state index contributed by atoms with van der Waals surface area (Å²) in [4.78, 5) is 15.0. The van der Waals surface area contributed by atoms with Crippen LogP contribution in [0.4, 0.5) is 5.69 Å². The summed E-state index contributed by atoms with van der Waals surface area (Å²) in [6.07, 6.45) is 3.17. The van der Waals surface area contributed by atoms with E-state index in [1.165, 1.54) is 10.7 Å². The molecule has 0 aliphatic carbocycles. The van der Waals surface area contributed by atoms with Crippen LogP contribution in [0, 0.1) is 6.92 Å². The normalized spacial score (nSPS) is 10.3. The smallest absolute Gasteiger partial charge is 0.269 e. The molecule has 0 aliphatic heterocycles. The molecule has 0 radical (unpaired) electrons. The van der Waals surface area contributed by atoms with Gasteiger partial charge in [-0.05, 0) is 24.6 Å². The highest BCUT2D eigenvalue weighted by Gasteiger charge is 2.07. The molecule has 4 N–H and O–H groups in total.